The highest BCUT2D eigenvalue weighted by Gasteiger charge is 2.06. The molecular weight excluding hydrogens is 257 g/mol. The Morgan fingerprint density at radius 3 is 2.40 bits per heavy atom. The maximum absolute atomic E-state index is 13.0. The summed E-state index contributed by atoms with van der Waals surface area (Å²) in [6, 6.07) is 11.8. The van der Waals surface area contributed by atoms with Crippen LogP contribution in [-0.4, -0.2) is 6.61 Å². The van der Waals surface area contributed by atoms with Crippen molar-refractivity contribution in [1.82, 2.24) is 0 Å². The van der Waals surface area contributed by atoms with Gasteiger partial charge in [0.25, 0.3) is 0 Å². The molecule has 0 amide bonds. The second-order valence-electron chi connectivity index (χ2n) is 4.43. The van der Waals surface area contributed by atoms with E-state index >= 15 is 0 Å². The monoisotopic (exact) mass is 275 g/mol. The Hall–Kier alpha value is -2.23. The number of para-hydroxylation sites is 2. The highest BCUT2D eigenvalue weighted by molar-refractivity contribution is 5.47. The molecule has 0 spiro atoms. The molecule has 20 heavy (non-hydrogen) atoms. The number of rotatable bonds is 6. The van der Waals surface area contributed by atoms with E-state index in [0.29, 0.717) is 23.8 Å². The third-order valence-electron chi connectivity index (χ3n) is 2.80. The summed E-state index contributed by atoms with van der Waals surface area (Å²) in [6.07, 6.45) is 0.930. The van der Waals surface area contributed by atoms with Gasteiger partial charge in [-0.3, -0.25) is 0 Å². The SMILES string of the molecule is CCCOc1ccccc1OCc1ccc(F)cc1N. The number of ether oxygens (including phenoxy) is 2. The Labute approximate surface area is 118 Å². The summed E-state index contributed by atoms with van der Waals surface area (Å²) in [5.41, 5.74) is 6.89. The Morgan fingerprint density at radius 1 is 1.05 bits per heavy atom. The molecular formula is C16H18FNO2. The van der Waals surface area contributed by atoms with Gasteiger partial charge >= 0.3 is 0 Å². The van der Waals surface area contributed by atoms with Crippen molar-refractivity contribution in [3.63, 3.8) is 0 Å². The molecule has 2 aromatic rings. The van der Waals surface area contributed by atoms with E-state index in [1.165, 1.54) is 12.1 Å². The van der Waals surface area contributed by atoms with Gasteiger partial charge in [-0.05, 0) is 30.7 Å². The first-order valence-electron chi connectivity index (χ1n) is 6.59. The minimum Gasteiger partial charge on any atom is -0.490 e. The van der Waals surface area contributed by atoms with E-state index in [0.717, 1.165) is 12.0 Å². The normalized spacial score (nSPS) is 10.3. The van der Waals surface area contributed by atoms with Crippen molar-refractivity contribution in [2.24, 2.45) is 0 Å². The summed E-state index contributed by atoms with van der Waals surface area (Å²) in [5.74, 6) is 1.01. The summed E-state index contributed by atoms with van der Waals surface area (Å²) in [5, 5.41) is 0. The lowest BCUT2D eigenvalue weighted by Crippen LogP contribution is -2.03. The van der Waals surface area contributed by atoms with Crippen LogP contribution in [0.3, 0.4) is 0 Å². The molecule has 0 aliphatic heterocycles. The molecule has 0 saturated carbocycles. The molecule has 2 aromatic carbocycles. The van der Waals surface area contributed by atoms with Crippen LogP contribution < -0.4 is 15.2 Å². The topological polar surface area (TPSA) is 44.5 Å². The fraction of sp³-hybridized carbons (Fsp3) is 0.250. The largest absolute Gasteiger partial charge is 0.490 e. The second kappa shape index (κ2) is 6.80. The molecule has 0 heterocycles. The highest BCUT2D eigenvalue weighted by Crippen LogP contribution is 2.28. The number of benzene rings is 2. The van der Waals surface area contributed by atoms with Crippen LogP contribution >= 0.6 is 0 Å². The smallest absolute Gasteiger partial charge is 0.161 e. The molecule has 0 atom stereocenters. The summed E-state index contributed by atoms with van der Waals surface area (Å²) in [6.45, 7) is 2.96. The van der Waals surface area contributed by atoms with Gasteiger partial charge in [-0.1, -0.05) is 25.1 Å². The average molecular weight is 275 g/mol. The molecule has 3 nitrogen and oxygen atoms in total. The van der Waals surface area contributed by atoms with Gasteiger partial charge in [0.2, 0.25) is 0 Å². The van der Waals surface area contributed by atoms with Gasteiger partial charge in [0.05, 0.1) is 6.61 Å². The highest BCUT2D eigenvalue weighted by atomic mass is 19.1. The van der Waals surface area contributed by atoms with Crippen LogP contribution in [0.2, 0.25) is 0 Å². The fourth-order valence-electron chi connectivity index (χ4n) is 1.75. The first-order valence-corrected chi connectivity index (χ1v) is 6.59. The summed E-state index contributed by atoms with van der Waals surface area (Å²) >= 11 is 0. The van der Waals surface area contributed by atoms with Gasteiger partial charge in [0.1, 0.15) is 12.4 Å². The van der Waals surface area contributed by atoms with E-state index in [1.54, 1.807) is 6.07 Å². The van der Waals surface area contributed by atoms with Gasteiger partial charge < -0.3 is 15.2 Å². The number of nitrogen functional groups attached to an aromatic ring is 1. The Balaban J connectivity index is 2.06. The third-order valence-corrected chi connectivity index (χ3v) is 2.80. The van der Waals surface area contributed by atoms with Crippen molar-refractivity contribution in [3.05, 3.63) is 53.8 Å². The van der Waals surface area contributed by atoms with Crippen LogP contribution in [0.5, 0.6) is 11.5 Å². The zero-order chi connectivity index (χ0) is 14.4. The predicted octanol–water partition coefficient (Wildman–Crippen LogP) is 3.78. The second-order valence-corrected chi connectivity index (χ2v) is 4.43. The van der Waals surface area contributed by atoms with Crippen molar-refractivity contribution >= 4 is 5.69 Å². The zero-order valence-corrected chi connectivity index (χ0v) is 11.4. The number of nitrogens with two attached hydrogens (primary N) is 1. The standard InChI is InChI=1S/C16H18FNO2/c1-2-9-19-15-5-3-4-6-16(15)20-11-12-7-8-13(17)10-14(12)18/h3-8,10H,2,9,11,18H2,1H3. The number of hydrogen-bond acceptors (Lipinski definition) is 3. The quantitative estimate of drug-likeness (QED) is 0.816. The summed E-state index contributed by atoms with van der Waals surface area (Å²) in [4.78, 5) is 0. The number of halogens is 1. The van der Waals surface area contributed by atoms with Crippen LogP contribution in [0.25, 0.3) is 0 Å². The molecule has 0 unspecified atom stereocenters. The molecule has 0 fully saturated rings. The lowest BCUT2D eigenvalue weighted by Gasteiger charge is -2.13. The third kappa shape index (κ3) is 3.63. The first-order chi connectivity index (χ1) is 9.70. The van der Waals surface area contributed by atoms with Gasteiger partial charge in [-0.15, -0.1) is 0 Å². The lowest BCUT2D eigenvalue weighted by atomic mass is 10.2. The van der Waals surface area contributed by atoms with Crippen molar-refractivity contribution in [2.45, 2.75) is 20.0 Å². The van der Waals surface area contributed by atoms with Gasteiger partial charge in [0.15, 0.2) is 11.5 Å². The Kier molecular flexibility index (Phi) is 4.82. The number of anilines is 1. The van der Waals surface area contributed by atoms with Crippen molar-refractivity contribution < 1.29 is 13.9 Å². The molecule has 2 rings (SSSR count). The minimum atomic E-state index is -0.349. The van der Waals surface area contributed by atoms with Crippen LogP contribution in [0, 0.1) is 5.82 Å². The van der Waals surface area contributed by atoms with E-state index in [9.17, 15) is 4.39 Å². The zero-order valence-electron chi connectivity index (χ0n) is 11.4. The van der Waals surface area contributed by atoms with E-state index in [-0.39, 0.29) is 12.4 Å². The lowest BCUT2D eigenvalue weighted by molar-refractivity contribution is 0.262. The van der Waals surface area contributed by atoms with Crippen LogP contribution in [0.15, 0.2) is 42.5 Å². The average Bonchev–Trinajstić information content (AvgIpc) is 2.45. The van der Waals surface area contributed by atoms with E-state index in [1.807, 2.05) is 31.2 Å². The van der Waals surface area contributed by atoms with Crippen molar-refractivity contribution in [1.29, 1.82) is 0 Å². The molecule has 0 saturated heterocycles. The van der Waals surface area contributed by atoms with Crippen molar-refractivity contribution in [2.75, 3.05) is 12.3 Å². The van der Waals surface area contributed by atoms with Gasteiger partial charge in [-0.2, -0.15) is 0 Å². The van der Waals surface area contributed by atoms with Gasteiger partial charge in [0, 0.05) is 11.3 Å². The van der Waals surface area contributed by atoms with E-state index in [2.05, 4.69) is 0 Å². The van der Waals surface area contributed by atoms with Gasteiger partial charge in [-0.25, -0.2) is 4.39 Å². The molecule has 2 N–H and O–H groups in total. The number of hydrogen-bond donors (Lipinski definition) is 1. The van der Waals surface area contributed by atoms with E-state index < -0.39 is 0 Å². The minimum absolute atomic E-state index is 0.276. The fourth-order valence-corrected chi connectivity index (χ4v) is 1.75. The molecule has 106 valence electrons. The molecule has 0 aromatic heterocycles. The van der Waals surface area contributed by atoms with Crippen molar-refractivity contribution in [3.8, 4) is 11.5 Å². The molecule has 0 aliphatic carbocycles. The molecule has 0 aliphatic rings. The summed E-state index contributed by atoms with van der Waals surface area (Å²) < 4.78 is 24.3. The summed E-state index contributed by atoms with van der Waals surface area (Å²) in [7, 11) is 0. The Bertz CT molecular complexity index is 572. The molecule has 4 heteroatoms. The first kappa shape index (κ1) is 14.2. The predicted molar refractivity (Wildman–Crippen MR) is 77.4 cm³/mol. The van der Waals surface area contributed by atoms with Crippen LogP contribution in [0.4, 0.5) is 10.1 Å². The molecule has 0 radical (unpaired) electrons. The van der Waals surface area contributed by atoms with Crippen LogP contribution in [-0.2, 0) is 6.61 Å². The maximum atomic E-state index is 13.0. The van der Waals surface area contributed by atoms with E-state index in [4.69, 9.17) is 15.2 Å². The molecule has 0 bridgehead atoms. The van der Waals surface area contributed by atoms with Crippen LogP contribution in [0.1, 0.15) is 18.9 Å². The maximum Gasteiger partial charge on any atom is 0.161 e. The Morgan fingerprint density at radius 2 is 1.75 bits per heavy atom.